The molecule has 0 aliphatic rings. The quantitative estimate of drug-likeness (QED) is 0.479. The number of aromatic nitrogens is 3. The third kappa shape index (κ3) is 3.66. The third-order valence-electron chi connectivity index (χ3n) is 4.26. The van der Waals surface area contributed by atoms with Crippen LogP contribution in [0.3, 0.4) is 0 Å². The molecule has 3 aromatic carbocycles. The van der Waals surface area contributed by atoms with Gasteiger partial charge in [-0.2, -0.15) is 0 Å². The standard InChI is InChI=1S/C21H15N3O4.CH4/c25-17-7-3-1-5-15(17)19-22-20(16-6-2-4-8-18(16)26)24(23-19)14-11-9-13(10-12-14)21(27)28;/h1-12,25-26H,(H,27,28);1H4. The predicted molar refractivity (Wildman–Crippen MR) is 109 cm³/mol. The molecule has 1 aromatic heterocycles. The van der Waals surface area contributed by atoms with Gasteiger partial charge in [0.1, 0.15) is 11.5 Å². The fraction of sp³-hybridized carbons (Fsp3) is 0.0455. The number of aromatic carboxylic acids is 1. The van der Waals surface area contributed by atoms with E-state index < -0.39 is 5.97 Å². The van der Waals surface area contributed by atoms with Crippen molar-refractivity contribution in [2.24, 2.45) is 0 Å². The molecule has 0 saturated heterocycles. The minimum Gasteiger partial charge on any atom is -0.507 e. The highest BCUT2D eigenvalue weighted by molar-refractivity contribution is 5.87. The first-order chi connectivity index (χ1) is 13.5. The number of carboxylic acid groups (broad SMARTS) is 1. The Morgan fingerprint density at radius 3 is 1.90 bits per heavy atom. The number of rotatable bonds is 4. The highest BCUT2D eigenvalue weighted by atomic mass is 16.4. The van der Waals surface area contributed by atoms with Crippen molar-refractivity contribution >= 4 is 5.97 Å². The van der Waals surface area contributed by atoms with E-state index in [-0.39, 0.29) is 30.3 Å². The van der Waals surface area contributed by atoms with Crippen molar-refractivity contribution in [1.82, 2.24) is 14.8 Å². The van der Waals surface area contributed by atoms with Crippen LogP contribution in [0.1, 0.15) is 17.8 Å². The molecule has 0 aliphatic carbocycles. The molecular weight excluding hydrogens is 370 g/mol. The summed E-state index contributed by atoms with van der Waals surface area (Å²) in [5.41, 5.74) is 1.62. The van der Waals surface area contributed by atoms with E-state index >= 15 is 0 Å². The summed E-state index contributed by atoms with van der Waals surface area (Å²) in [6.07, 6.45) is 0. The van der Waals surface area contributed by atoms with Gasteiger partial charge in [0.25, 0.3) is 0 Å². The zero-order valence-corrected chi connectivity index (χ0v) is 14.5. The Bertz CT molecular complexity index is 1170. The second-order valence-corrected chi connectivity index (χ2v) is 6.06. The number of phenolic OH excluding ortho intramolecular Hbond substituents is 2. The molecule has 0 bridgehead atoms. The van der Waals surface area contributed by atoms with Crippen LogP contribution in [0.4, 0.5) is 0 Å². The molecule has 0 spiro atoms. The first-order valence-corrected chi connectivity index (χ1v) is 8.42. The molecule has 146 valence electrons. The summed E-state index contributed by atoms with van der Waals surface area (Å²) >= 11 is 0. The molecule has 4 aromatic rings. The van der Waals surface area contributed by atoms with Crippen LogP contribution < -0.4 is 0 Å². The summed E-state index contributed by atoms with van der Waals surface area (Å²) in [6, 6.07) is 19.5. The minimum atomic E-state index is -1.03. The summed E-state index contributed by atoms with van der Waals surface area (Å²) in [7, 11) is 0. The Morgan fingerprint density at radius 2 is 1.34 bits per heavy atom. The highest BCUT2D eigenvalue weighted by Gasteiger charge is 2.19. The first kappa shape index (κ1) is 19.6. The van der Waals surface area contributed by atoms with E-state index in [0.717, 1.165) is 0 Å². The van der Waals surface area contributed by atoms with Crippen molar-refractivity contribution in [2.45, 2.75) is 7.43 Å². The molecule has 0 saturated carbocycles. The molecule has 0 fully saturated rings. The average Bonchev–Trinajstić information content (AvgIpc) is 3.13. The van der Waals surface area contributed by atoms with E-state index in [4.69, 9.17) is 5.11 Å². The molecule has 4 rings (SSSR count). The number of nitrogens with zero attached hydrogens (tertiary/aromatic N) is 3. The molecule has 3 N–H and O–H groups in total. The molecule has 1 heterocycles. The normalized spacial score (nSPS) is 10.3. The van der Waals surface area contributed by atoms with Crippen molar-refractivity contribution in [2.75, 3.05) is 0 Å². The van der Waals surface area contributed by atoms with Gasteiger partial charge in [0.2, 0.25) is 0 Å². The molecule has 7 heteroatoms. The average molecular weight is 389 g/mol. The molecule has 0 radical (unpaired) electrons. The fourth-order valence-corrected chi connectivity index (χ4v) is 2.85. The summed E-state index contributed by atoms with van der Waals surface area (Å²) in [6.45, 7) is 0. The summed E-state index contributed by atoms with van der Waals surface area (Å²) in [5, 5.41) is 34.0. The van der Waals surface area contributed by atoms with Crippen molar-refractivity contribution < 1.29 is 20.1 Å². The van der Waals surface area contributed by atoms with Crippen LogP contribution in [0.15, 0.2) is 72.8 Å². The van der Waals surface area contributed by atoms with E-state index in [2.05, 4.69) is 10.1 Å². The SMILES string of the molecule is C.O=C(O)c1ccc(-n2nc(-c3ccccc3O)nc2-c2ccccc2O)cc1. The number of aromatic hydroxyl groups is 2. The number of carbonyl (C=O) groups is 1. The fourth-order valence-electron chi connectivity index (χ4n) is 2.85. The van der Waals surface area contributed by atoms with Gasteiger partial charge in [0.15, 0.2) is 11.6 Å². The monoisotopic (exact) mass is 389 g/mol. The van der Waals surface area contributed by atoms with E-state index in [1.807, 2.05) is 0 Å². The molecule has 0 amide bonds. The van der Waals surface area contributed by atoms with Crippen molar-refractivity contribution in [1.29, 1.82) is 0 Å². The van der Waals surface area contributed by atoms with Gasteiger partial charge in [0, 0.05) is 0 Å². The second-order valence-electron chi connectivity index (χ2n) is 6.06. The number of phenols is 2. The second kappa shape index (κ2) is 7.85. The number of benzene rings is 3. The summed E-state index contributed by atoms with van der Waals surface area (Å²) < 4.78 is 1.50. The van der Waals surface area contributed by atoms with E-state index in [1.54, 1.807) is 54.6 Å². The topological polar surface area (TPSA) is 108 Å². The van der Waals surface area contributed by atoms with Crippen molar-refractivity contribution in [3.05, 3.63) is 78.4 Å². The Labute approximate surface area is 167 Å². The minimum absolute atomic E-state index is 0. The maximum atomic E-state index is 11.1. The lowest BCUT2D eigenvalue weighted by atomic mass is 10.1. The number of hydrogen-bond acceptors (Lipinski definition) is 5. The van der Waals surface area contributed by atoms with E-state index in [0.29, 0.717) is 22.6 Å². The Morgan fingerprint density at radius 1 is 0.793 bits per heavy atom. The number of para-hydroxylation sites is 2. The van der Waals surface area contributed by atoms with Crippen LogP contribution in [0.2, 0.25) is 0 Å². The summed E-state index contributed by atoms with van der Waals surface area (Å²) in [5.74, 6) is -0.328. The first-order valence-electron chi connectivity index (χ1n) is 8.42. The van der Waals surface area contributed by atoms with Gasteiger partial charge in [-0.25, -0.2) is 14.5 Å². The van der Waals surface area contributed by atoms with Gasteiger partial charge < -0.3 is 15.3 Å². The third-order valence-corrected chi connectivity index (χ3v) is 4.26. The highest BCUT2D eigenvalue weighted by Crippen LogP contribution is 2.33. The van der Waals surface area contributed by atoms with Crippen LogP contribution in [0.5, 0.6) is 11.5 Å². The Balaban J connectivity index is 0.00000240. The van der Waals surface area contributed by atoms with E-state index in [9.17, 15) is 15.0 Å². The lowest BCUT2D eigenvalue weighted by Crippen LogP contribution is -2.02. The number of carboxylic acids is 1. The van der Waals surface area contributed by atoms with Gasteiger partial charge >= 0.3 is 5.97 Å². The molecule has 7 nitrogen and oxygen atoms in total. The van der Waals surface area contributed by atoms with Gasteiger partial charge in [-0.15, -0.1) is 5.10 Å². The molecule has 0 atom stereocenters. The van der Waals surface area contributed by atoms with Gasteiger partial charge in [-0.1, -0.05) is 31.7 Å². The van der Waals surface area contributed by atoms with Gasteiger partial charge in [0.05, 0.1) is 22.4 Å². The van der Waals surface area contributed by atoms with Crippen LogP contribution in [0, 0.1) is 0 Å². The van der Waals surface area contributed by atoms with Crippen molar-refractivity contribution in [3.63, 3.8) is 0 Å². The summed E-state index contributed by atoms with van der Waals surface area (Å²) in [4.78, 5) is 15.6. The van der Waals surface area contributed by atoms with Gasteiger partial charge in [-0.05, 0) is 48.5 Å². The lowest BCUT2D eigenvalue weighted by Gasteiger charge is -2.07. The maximum Gasteiger partial charge on any atom is 0.335 e. The van der Waals surface area contributed by atoms with Crippen LogP contribution in [-0.2, 0) is 0 Å². The Kier molecular flexibility index (Phi) is 5.32. The lowest BCUT2D eigenvalue weighted by molar-refractivity contribution is 0.0697. The van der Waals surface area contributed by atoms with Crippen LogP contribution in [-0.4, -0.2) is 36.1 Å². The van der Waals surface area contributed by atoms with Crippen LogP contribution >= 0.6 is 0 Å². The maximum absolute atomic E-state index is 11.1. The van der Waals surface area contributed by atoms with E-state index in [1.165, 1.54) is 22.9 Å². The smallest absolute Gasteiger partial charge is 0.335 e. The molecule has 0 unspecified atom stereocenters. The largest absolute Gasteiger partial charge is 0.507 e. The molecule has 29 heavy (non-hydrogen) atoms. The van der Waals surface area contributed by atoms with Crippen LogP contribution in [0.25, 0.3) is 28.5 Å². The zero-order chi connectivity index (χ0) is 19.7. The van der Waals surface area contributed by atoms with Gasteiger partial charge in [-0.3, -0.25) is 0 Å². The Hall–Kier alpha value is -4.13. The predicted octanol–water partition coefficient (Wildman–Crippen LogP) is 4.35. The van der Waals surface area contributed by atoms with Crippen molar-refractivity contribution in [3.8, 4) is 40.0 Å². The molecule has 0 aliphatic heterocycles. The molecular formula is C22H19N3O4. The number of hydrogen-bond donors (Lipinski definition) is 3. The zero-order valence-electron chi connectivity index (χ0n) is 14.5.